The minimum Gasteiger partial charge on any atom is -0.478 e. The van der Waals surface area contributed by atoms with Crippen LogP contribution in [0.4, 0.5) is 0 Å². The molecular weight excluding hydrogens is 344 g/mol. The normalized spacial score (nSPS) is 17.5. The van der Waals surface area contributed by atoms with Gasteiger partial charge in [0, 0.05) is 6.42 Å². The number of carbonyl (C=O) groups excluding carboxylic acids is 3. The number of carboxylic acid groups (broad SMARTS) is 1. The zero-order valence-corrected chi connectivity index (χ0v) is 14.2. The zero-order valence-electron chi connectivity index (χ0n) is 14.2. The summed E-state index contributed by atoms with van der Waals surface area (Å²) in [5.41, 5.74) is -0.897. The molecule has 1 heterocycles. The van der Waals surface area contributed by atoms with E-state index in [1.807, 2.05) is 0 Å². The molecule has 2 rings (SSSR count). The van der Waals surface area contributed by atoms with E-state index in [2.05, 4.69) is 9.78 Å². The number of aromatic carboxylic acids is 1. The maximum Gasteiger partial charge on any atom is 0.390 e. The highest BCUT2D eigenvalue weighted by Crippen LogP contribution is 2.25. The number of fused-ring (bicyclic) bond motifs is 1. The van der Waals surface area contributed by atoms with Crippen LogP contribution in [0.5, 0.6) is 5.75 Å². The van der Waals surface area contributed by atoms with Gasteiger partial charge in [0.2, 0.25) is 0 Å². The Kier molecular flexibility index (Phi) is 7.13. The van der Waals surface area contributed by atoms with E-state index < -0.39 is 35.0 Å². The molecule has 0 unspecified atom stereocenters. The van der Waals surface area contributed by atoms with Crippen LogP contribution in [-0.2, 0) is 19.4 Å². The van der Waals surface area contributed by atoms with Crippen molar-refractivity contribution in [2.45, 2.75) is 51.4 Å². The predicted molar refractivity (Wildman–Crippen MR) is 87.5 cm³/mol. The van der Waals surface area contributed by atoms with Crippen molar-refractivity contribution in [3.8, 4) is 5.75 Å². The van der Waals surface area contributed by atoms with Gasteiger partial charge in [-0.25, -0.2) is 24.2 Å². The lowest BCUT2D eigenvalue weighted by molar-refractivity contribution is -0.234. The molecule has 8 nitrogen and oxygen atoms in total. The molecule has 0 bridgehead atoms. The number of carbonyl (C=O) groups is 4. The Hall–Kier alpha value is -2.90. The van der Waals surface area contributed by atoms with Gasteiger partial charge in [-0.2, -0.15) is 0 Å². The second kappa shape index (κ2) is 9.55. The van der Waals surface area contributed by atoms with Crippen LogP contribution >= 0.6 is 0 Å². The van der Waals surface area contributed by atoms with Gasteiger partial charge in [0.05, 0.1) is 12.0 Å². The molecule has 8 heteroatoms. The van der Waals surface area contributed by atoms with Gasteiger partial charge in [-0.3, -0.25) is 4.79 Å². The molecule has 1 aromatic rings. The van der Waals surface area contributed by atoms with Crippen molar-refractivity contribution in [3.05, 3.63) is 29.3 Å². The summed E-state index contributed by atoms with van der Waals surface area (Å²) in [6.07, 6.45) is 4.97. The Balaban J connectivity index is 2.27. The summed E-state index contributed by atoms with van der Waals surface area (Å²) in [4.78, 5) is 56.1. The predicted octanol–water partition coefficient (Wildman–Crippen LogP) is 3.04. The van der Waals surface area contributed by atoms with E-state index in [9.17, 15) is 24.3 Å². The summed E-state index contributed by atoms with van der Waals surface area (Å²) < 4.78 is 5.14. The molecule has 0 radical (unpaired) electrons. The Labute approximate surface area is 150 Å². The molecule has 0 saturated carbocycles. The molecule has 1 aliphatic heterocycles. The van der Waals surface area contributed by atoms with Crippen LogP contribution in [0.25, 0.3) is 0 Å². The third kappa shape index (κ3) is 5.58. The van der Waals surface area contributed by atoms with Crippen LogP contribution < -0.4 is 4.74 Å². The molecule has 1 aromatic carbocycles. The minimum absolute atomic E-state index is 0.0930. The second-order valence-corrected chi connectivity index (χ2v) is 5.91. The number of hydrogen-bond donors (Lipinski definition) is 1. The Morgan fingerprint density at radius 3 is 2.12 bits per heavy atom. The maximum absolute atomic E-state index is 12.2. The Bertz CT molecular complexity index is 694. The largest absolute Gasteiger partial charge is 0.478 e. The van der Waals surface area contributed by atoms with Gasteiger partial charge >= 0.3 is 23.9 Å². The Morgan fingerprint density at radius 1 is 0.846 bits per heavy atom. The monoisotopic (exact) mass is 364 g/mol. The molecule has 140 valence electrons. The van der Waals surface area contributed by atoms with E-state index in [0.29, 0.717) is 12.8 Å². The zero-order chi connectivity index (χ0) is 18.9. The summed E-state index contributed by atoms with van der Waals surface area (Å²) in [6, 6.07) is 3.79. The molecular formula is C18H20O8. The van der Waals surface area contributed by atoms with E-state index in [1.165, 1.54) is 12.1 Å². The van der Waals surface area contributed by atoms with Crippen molar-refractivity contribution in [2.24, 2.45) is 0 Å². The van der Waals surface area contributed by atoms with Crippen molar-refractivity contribution < 1.29 is 38.8 Å². The fourth-order valence-corrected chi connectivity index (χ4v) is 2.59. The number of esters is 1. The number of rotatable bonds is 1. The average Bonchev–Trinajstić information content (AvgIpc) is 2.60. The van der Waals surface area contributed by atoms with Crippen LogP contribution in [0.2, 0.25) is 0 Å². The molecule has 0 spiro atoms. The highest BCUT2D eigenvalue weighted by Gasteiger charge is 2.26. The molecule has 26 heavy (non-hydrogen) atoms. The SMILES string of the molecule is O=C1CCCCCCCCC(=O)Oc2cccc(C(=O)O)c2C(=O)OO1. The number of hydrogen-bond acceptors (Lipinski definition) is 7. The standard InChI is InChI=1S/C18H20O8/c19-14-10-5-3-1-2-4-6-11-15(20)25-26-18(23)16-12(17(21)22)8-7-9-13(16)24-14/h7-9H,1-6,10-11H2,(H,21,22). The smallest absolute Gasteiger partial charge is 0.390 e. The Morgan fingerprint density at radius 2 is 1.46 bits per heavy atom. The maximum atomic E-state index is 12.2. The van der Waals surface area contributed by atoms with E-state index in [1.54, 1.807) is 0 Å². The lowest BCUT2D eigenvalue weighted by Crippen LogP contribution is -2.18. The first-order valence-corrected chi connectivity index (χ1v) is 8.47. The minimum atomic E-state index is -1.41. The fourth-order valence-electron chi connectivity index (χ4n) is 2.59. The topological polar surface area (TPSA) is 116 Å². The average molecular weight is 364 g/mol. The van der Waals surface area contributed by atoms with Crippen molar-refractivity contribution in [1.82, 2.24) is 0 Å². The van der Waals surface area contributed by atoms with Gasteiger partial charge in [0.15, 0.2) is 0 Å². The molecule has 0 fully saturated rings. The molecule has 0 aliphatic carbocycles. The molecule has 0 saturated heterocycles. The number of ether oxygens (including phenoxy) is 1. The first-order chi connectivity index (χ1) is 12.5. The van der Waals surface area contributed by atoms with E-state index in [0.717, 1.165) is 31.7 Å². The fraction of sp³-hybridized carbons (Fsp3) is 0.444. The highest BCUT2D eigenvalue weighted by atomic mass is 17.2. The first-order valence-electron chi connectivity index (χ1n) is 8.47. The van der Waals surface area contributed by atoms with Gasteiger partial charge in [-0.15, -0.1) is 0 Å². The van der Waals surface area contributed by atoms with Crippen molar-refractivity contribution >= 4 is 23.9 Å². The van der Waals surface area contributed by atoms with Gasteiger partial charge in [-0.1, -0.05) is 31.7 Å². The van der Waals surface area contributed by atoms with E-state index in [4.69, 9.17) is 4.74 Å². The van der Waals surface area contributed by atoms with Gasteiger partial charge in [-0.05, 0) is 25.0 Å². The van der Waals surface area contributed by atoms with Crippen molar-refractivity contribution in [3.63, 3.8) is 0 Å². The summed E-state index contributed by atoms with van der Waals surface area (Å²) >= 11 is 0. The second-order valence-electron chi connectivity index (χ2n) is 5.91. The summed E-state index contributed by atoms with van der Waals surface area (Å²) in [7, 11) is 0. The molecule has 0 amide bonds. The third-order valence-electron chi connectivity index (χ3n) is 3.91. The molecule has 1 N–H and O–H groups in total. The summed E-state index contributed by atoms with van der Waals surface area (Å²) in [6.45, 7) is 0. The lowest BCUT2D eigenvalue weighted by atomic mass is 10.1. The van der Waals surface area contributed by atoms with Crippen molar-refractivity contribution in [2.75, 3.05) is 0 Å². The van der Waals surface area contributed by atoms with Gasteiger partial charge in [0.1, 0.15) is 11.3 Å². The molecule has 1 aliphatic rings. The van der Waals surface area contributed by atoms with Crippen LogP contribution in [0.3, 0.4) is 0 Å². The third-order valence-corrected chi connectivity index (χ3v) is 3.91. The van der Waals surface area contributed by atoms with E-state index >= 15 is 0 Å². The van der Waals surface area contributed by atoms with Gasteiger partial charge < -0.3 is 9.84 Å². The highest BCUT2D eigenvalue weighted by molar-refractivity contribution is 6.04. The quantitative estimate of drug-likeness (QED) is 0.459. The first kappa shape index (κ1) is 19.4. The molecule has 0 atom stereocenters. The van der Waals surface area contributed by atoms with Crippen molar-refractivity contribution in [1.29, 1.82) is 0 Å². The van der Waals surface area contributed by atoms with Crippen LogP contribution in [0, 0.1) is 0 Å². The summed E-state index contributed by atoms with van der Waals surface area (Å²) in [5.74, 6) is -4.17. The number of carboxylic acids is 1. The molecule has 0 aromatic heterocycles. The van der Waals surface area contributed by atoms with Gasteiger partial charge in [0.25, 0.3) is 0 Å². The van der Waals surface area contributed by atoms with E-state index in [-0.39, 0.29) is 18.6 Å². The lowest BCUT2D eigenvalue weighted by Gasteiger charge is -2.12. The van der Waals surface area contributed by atoms with Crippen LogP contribution in [0.1, 0.15) is 72.1 Å². The summed E-state index contributed by atoms with van der Waals surface area (Å²) in [5, 5.41) is 9.26. The number of benzene rings is 1. The van der Waals surface area contributed by atoms with Crippen LogP contribution in [-0.4, -0.2) is 29.0 Å². The van der Waals surface area contributed by atoms with Crippen LogP contribution in [0.15, 0.2) is 18.2 Å².